The van der Waals surface area contributed by atoms with Crippen LogP contribution >= 0.6 is 0 Å². The van der Waals surface area contributed by atoms with Gasteiger partial charge in [-0.25, -0.2) is 4.79 Å². The fraction of sp³-hybridized carbons (Fsp3) is 0.529. The topological polar surface area (TPSA) is 88.3 Å². The zero-order valence-electron chi connectivity index (χ0n) is 15.6. The number of rotatable bonds is 4. The Labute approximate surface area is 152 Å². The Hall–Kier alpha value is -2.84. The van der Waals surface area contributed by atoms with Crippen LogP contribution in [0.4, 0.5) is 4.79 Å². The van der Waals surface area contributed by atoms with Crippen molar-refractivity contribution in [1.82, 2.24) is 34.7 Å². The van der Waals surface area contributed by atoms with E-state index in [4.69, 9.17) is 0 Å². The minimum Gasteiger partial charge on any atom is -0.349 e. The largest absolute Gasteiger partial charge is 0.349 e. The van der Waals surface area contributed by atoms with Crippen LogP contribution < -0.4 is 5.32 Å². The van der Waals surface area contributed by atoms with Gasteiger partial charge in [-0.1, -0.05) is 0 Å². The molecule has 2 aromatic rings. The molecule has 0 saturated heterocycles. The molecule has 0 aliphatic carbocycles. The molecule has 1 aliphatic rings. The van der Waals surface area contributed by atoms with Crippen molar-refractivity contribution in [2.45, 2.75) is 39.5 Å². The average Bonchev–Trinajstić information content (AvgIpc) is 3.23. The predicted molar refractivity (Wildman–Crippen MR) is 95.2 cm³/mol. The third-order valence-corrected chi connectivity index (χ3v) is 4.45. The molecule has 0 spiro atoms. The summed E-state index contributed by atoms with van der Waals surface area (Å²) in [6, 6.07) is 1.56. The highest BCUT2D eigenvalue weighted by Crippen LogP contribution is 2.15. The Morgan fingerprint density at radius 1 is 1.35 bits per heavy atom. The Morgan fingerprint density at radius 2 is 2.12 bits per heavy atom. The van der Waals surface area contributed by atoms with Crippen LogP contribution in [0.25, 0.3) is 0 Å². The fourth-order valence-corrected chi connectivity index (χ4v) is 2.95. The number of aromatic nitrogens is 4. The third kappa shape index (κ3) is 3.71. The van der Waals surface area contributed by atoms with Gasteiger partial charge in [0.25, 0.3) is 0 Å². The van der Waals surface area contributed by atoms with Gasteiger partial charge in [-0.2, -0.15) is 10.2 Å². The van der Waals surface area contributed by atoms with E-state index in [1.165, 1.54) is 0 Å². The monoisotopic (exact) mass is 359 g/mol. The first-order valence-corrected chi connectivity index (χ1v) is 8.65. The Morgan fingerprint density at radius 3 is 2.77 bits per heavy atom. The molecule has 1 aliphatic heterocycles. The van der Waals surface area contributed by atoms with E-state index in [0.717, 1.165) is 17.0 Å². The van der Waals surface area contributed by atoms with Gasteiger partial charge in [0.2, 0.25) is 5.91 Å². The van der Waals surface area contributed by atoms with E-state index in [2.05, 4.69) is 15.5 Å². The normalized spacial score (nSPS) is 14.7. The molecule has 0 saturated carbocycles. The number of fused-ring (bicyclic) bond motifs is 1. The average molecular weight is 359 g/mol. The lowest BCUT2D eigenvalue weighted by Gasteiger charge is -2.29. The molecular formula is C17H25N7O2. The van der Waals surface area contributed by atoms with Crippen molar-refractivity contribution in [3.63, 3.8) is 0 Å². The summed E-state index contributed by atoms with van der Waals surface area (Å²) in [7, 11) is 3.49. The molecule has 0 bridgehead atoms. The third-order valence-electron chi connectivity index (χ3n) is 4.45. The van der Waals surface area contributed by atoms with Crippen LogP contribution in [0, 0.1) is 6.92 Å². The van der Waals surface area contributed by atoms with Gasteiger partial charge in [-0.3, -0.25) is 14.2 Å². The first kappa shape index (κ1) is 18.0. The quantitative estimate of drug-likeness (QED) is 0.873. The first-order chi connectivity index (χ1) is 12.3. The molecule has 2 aromatic heterocycles. The lowest BCUT2D eigenvalue weighted by molar-refractivity contribution is -0.124. The first-order valence-electron chi connectivity index (χ1n) is 8.65. The molecule has 1 N–H and O–H groups in total. The van der Waals surface area contributed by atoms with Crippen LogP contribution in [-0.2, 0) is 24.4 Å². The number of amides is 3. The van der Waals surface area contributed by atoms with Crippen LogP contribution in [0.3, 0.4) is 0 Å². The van der Waals surface area contributed by atoms with Gasteiger partial charge in [0.15, 0.2) is 0 Å². The van der Waals surface area contributed by atoms with Gasteiger partial charge in [-0.05, 0) is 25.5 Å². The van der Waals surface area contributed by atoms with E-state index >= 15 is 0 Å². The minimum absolute atomic E-state index is 0.00403. The molecule has 0 aromatic carbocycles. The number of nitrogens with zero attached hydrogens (tertiary/aromatic N) is 6. The maximum Gasteiger partial charge on any atom is 0.319 e. The number of carbonyl (C=O) groups excluding carboxylic acids is 2. The number of urea groups is 1. The van der Waals surface area contributed by atoms with Crippen molar-refractivity contribution in [1.29, 1.82) is 0 Å². The molecule has 9 heteroatoms. The number of nitrogens with one attached hydrogen (secondary N) is 1. The summed E-state index contributed by atoms with van der Waals surface area (Å²) in [5.74, 6) is -0.108. The Kier molecular flexibility index (Phi) is 4.97. The van der Waals surface area contributed by atoms with Gasteiger partial charge >= 0.3 is 6.03 Å². The van der Waals surface area contributed by atoms with E-state index in [9.17, 15) is 9.59 Å². The SMILES string of the molecule is Cc1cnn([C@@H](C)C(=O)NCc2cc3n(n2)CCN(C(=O)N(C)C)C3)c1. The van der Waals surface area contributed by atoms with Crippen LogP contribution in [-0.4, -0.2) is 61.9 Å². The maximum absolute atomic E-state index is 12.3. The lowest BCUT2D eigenvalue weighted by Crippen LogP contribution is -2.43. The maximum atomic E-state index is 12.3. The molecule has 0 unspecified atom stereocenters. The van der Waals surface area contributed by atoms with Gasteiger partial charge < -0.3 is 15.1 Å². The summed E-state index contributed by atoms with van der Waals surface area (Å²) < 4.78 is 3.55. The minimum atomic E-state index is -0.380. The van der Waals surface area contributed by atoms with Gasteiger partial charge in [0, 0.05) is 26.8 Å². The highest BCUT2D eigenvalue weighted by atomic mass is 16.2. The zero-order chi connectivity index (χ0) is 18.8. The molecule has 3 rings (SSSR count). The van der Waals surface area contributed by atoms with Crippen molar-refractivity contribution in [2.75, 3.05) is 20.6 Å². The second-order valence-electron chi connectivity index (χ2n) is 6.84. The molecule has 0 radical (unpaired) electrons. The highest BCUT2D eigenvalue weighted by molar-refractivity contribution is 5.79. The van der Waals surface area contributed by atoms with Gasteiger partial charge in [0.1, 0.15) is 6.04 Å². The number of carbonyl (C=O) groups is 2. The number of aryl methyl sites for hydroxylation is 1. The molecule has 9 nitrogen and oxygen atoms in total. The molecule has 3 heterocycles. The van der Waals surface area contributed by atoms with Crippen LogP contribution in [0.15, 0.2) is 18.5 Å². The predicted octanol–water partition coefficient (Wildman–Crippen LogP) is 0.763. The molecule has 3 amide bonds. The zero-order valence-corrected chi connectivity index (χ0v) is 15.6. The smallest absolute Gasteiger partial charge is 0.319 e. The van der Waals surface area contributed by atoms with Gasteiger partial charge in [0.05, 0.1) is 37.2 Å². The van der Waals surface area contributed by atoms with E-state index in [-0.39, 0.29) is 18.0 Å². The second-order valence-corrected chi connectivity index (χ2v) is 6.84. The lowest BCUT2D eigenvalue weighted by atomic mass is 10.2. The van der Waals surface area contributed by atoms with Crippen molar-refractivity contribution in [3.8, 4) is 0 Å². The number of hydrogen-bond donors (Lipinski definition) is 1. The summed E-state index contributed by atoms with van der Waals surface area (Å²) in [4.78, 5) is 27.8. The van der Waals surface area contributed by atoms with E-state index in [0.29, 0.717) is 26.2 Å². The molecule has 1 atom stereocenters. The van der Waals surface area contributed by atoms with Crippen molar-refractivity contribution >= 4 is 11.9 Å². The van der Waals surface area contributed by atoms with Crippen LogP contribution in [0.2, 0.25) is 0 Å². The Balaban J connectivity index is 1.59. The molecule has 26 heavy (non-hydrogen) atoms. The van der Waals surface area contributed by atoms with Gasteiger partial charge in [-0.15, -0.1) is 0 Å². The standard InChI is InChI=1S/C17H25N7O2/c1-12-8-19-24(10-12)13(2)16(25)18-9-14-7-15-11-22(17(26)21(3)4)5-6-23(15)20-14/h7-8,10,13H,5-6,9,11H2,1-4H3,(H,18,25)/t13-/m0/s1. The fourth-order valence-electron chi connectivity index (χ4n) is 2.95. The molecular weight excluding hydrogens is 334 g/mol. The van der Waals surface area contributed by atoms with E-state index in [1.807, 2.05) is 30.8 Å². The highest BCUT2D eigenvalue weighted by Gasteiger charge is 2.23. The second kappa shape index (κ2) is 7.19. The van der Waals surface area contributed by atoms with Crippen molar-refractivity contribution in [3.05, 3.63) is 35.4 Å². The van der Waals surface area contributed by atoms with Crippen LogP contribution in [0.1, 0.15) is 29.9 Å². The molecule has 0 fully saturated rings. The van der Waals surface area contributed by atoms with Crippen molar-refractivity contribution < 1.29 is 9.59 Å². The summed E-state index contributed by atoms with van der Waals surface area (Å²) in [5, 5.41) is 11.6. The Bertz CT molecular complexity index is 808. The van der Waals surface area contributed by atoms with E-state index < -0.39 is 0 Å². The number of hydrogen-bond acceptors (Lipinski definition) is 4. The van der Waals surface area contributed by atoms with Crippen LogP contribution in [0.5, 0.6) is 0 Å². The summed E-state index contributed by atoms with van der Waals surface area (Å²) in [5.41, 5.74) is 2.78. The molecule has 140 valence electrons. The van der Waals surface area contributed by atoms with Crippen molar-refractivity contribution in [2.24, 2.45) is 0 Å². The summed E-state index contributed by atoms with van der Waals surface area (Å²) in [6.07, 6.45) is 3.57. The van der Waals surface area contributed by atoms with E-state index in [1.54, 1.807) is 34.8 Å². The summed E-state index contributed by atoms with van der Waals surface area (Å²) >= 11 is 0. The summed E-state index contributed by atoms with van der Waals surface area (Å²) in [6.45, 7) is 5.92.